The van der Waals surface area contributed by atoms with Gasteiger partial charge in [0.2, 0.25) is 0 Å². The van der Waals surface area contributed by atoms with Crippen molar-refractivity contribution in [3.63, 3.8) is 0 Å². The summed E-state index contributed by atoms with van der Waals surface area (Å²) in [6, 6.07) is 6.39. The lowest BCUT2D eigenvalue weighted by molar-refractivity contribution is -0.137. The van der Waals surface area contributed by atoms with Crippen molar-refractivity contribution in [1.82, 2.24) is 15.1 Å². The number of alkyl halides is 3. The van der Waals surface area contributed by atoms with Crippen LogP contribution >= 0.6 is 0 Å². The first kappa shape index (κ1) is 19.3. The van der Waals surface area contributed by atoms with Crippen LogP contribution in [0, 0.1) is 0 Å². The van der Waals surface area contributed by atoms with E-state index in [2.05, 4.69) is 10.4 Å². The Hall–Kier alpha value is -2.51. The Morgan fingerprint density at radius 1 is 1.19 bits per heavy atom. The Kier molecular flexibility index (Phi) is 6.03. The minimum Gasteiger partial charge on any atom is -0.471 e. The molecular weight excluding hydrogens is 359 g/mol. The minimum absolute atomic E-state index is 0.0853. The van der Waals surface area contributed by atoms with E-state index in [4.69, 9.17) is 4.74 Å². The van der Waals surface area contributed by atoms with Crippen LogP contribution in [0.5, 0.6) is 5.75 Å². The smallest absolute Gasteiger partial charge is 0.416 e. The van der Waals surface area contributed by atoms with E-state index in [1.807, 2.05) is 0 Å². The number of aromatic nitrogens is 2. The van der Waals surface area contributed by atoms with E-state index >= 15 is 0 Å². The van der Waals surface area contributed by atoms with Crippen molar-refractivity contribution in [1.29, 1.82) is 0 Å². The fourth-order valence-electron chi connectivity index (χ4n) is 3.14. The molecule has 1 amide bonds. The zero-order chi connectivity index (χ0) is 19.3. The highest BCUT2D eigenvalue weighted by Crippen LogP contribution is 2.31. The molecule has 1 fully saturated rings. The summed E-state index contributed by atoms with van der Waals surface area (Å²) in [6.07, 6.45) is 3.73. The second-order valence-corrected chi connectivity index (χ2v) is 6.70. The lowest BCUT2D eigenvalue weighted by atomic mass is 10.1. The maximum absolute atomic E-state index is 12.7. The van der Waals surface area contributed by atoms with Crippen LogP contribution in [0.3, 0.4) is 0 Å². The van der Waals surface area contributed by atoms with E-state index in [1.165, 1.54) is 29.7 Å². The molecule has 0 radical (unpaired) electrons. The number of hydrogen-bond acceptors (Lipinski definition) is 3. The number of hydrogen-bond donors (Lipinski definition) is 1. The topological polar surface area (TPSA) is 56.2 Å². The number of ether oxygens (including phenoxy) is 1. The van der Waals surface area contributed by atoms with Gasteiger partial charge >= 0.3 is 6.18 Å². The van der Waals surface area contributed by atoms with Gasteiger partial charge in [-0.2, -0.15) is 18.3 Å². The van der Waals surface area contributed by atoms with Crippen molar-refractivity contribution in [3.05, 3.63) is 47.8 Å². The first-order valence-electron chi connectivity index (χ1n) is 9.06. The SMILES string of the molecule is O=C(NC1CCCCCC1)c1ccn(COc2cccc(C(F)(F)F)c2)n1. The molecular formula is C19H22F3N3O2. The highest BCUT2D eigenvalue weighted by atomic mass is 19.4. The molecule has 0 saturated heterocycles. The number of rotatable bonds is 5. The van der Waals surface area contributed by atoms with E-state index in [9.17, 15) is 18.0 Å². The van der Waals surface area contributed by atoms with Crippen LogP contribution in [0.4, 0.5) is 13.2 Å². The fraction of sp³-hybridized carbons (Fsp3) is 0.474. The predicted molar refractivity (Wildman–Crippen MR) is 93.3 cm³/mol. The standard InChI is InChI=1S/C19H22F3N3O2/c20-19(21,22)14-6-5-9-16(12-14)27-13-25-11-10-17(24-25)18(26)23-15-7-3-1-2-4-8-15/h5-6,9-12,15H,1-4,7-8,13H2,(H,23,26). The van der Waals surface area contributed by atoms with Crippen molar-refractivity contribution in [3.8, 4) is 5.75 Å². The fourth-order valence-corrected chi connectivity index (χ4v) is 3.14. The maximum Gasteiger partial charge on any atom is 0.416 e. The molecule has 1 saturated carbocycles. The molecule has 0 bridgehead atoms. The Morgan fingerprint density at radius 2 is 1.93 bits per heavy atom. The van der Waals surface area contributed by atoms with Gasteiger partial charge in [-0.05, 0) is 37.1 Å². The molecule has 27 heavy (non-hydrogen) atoms. The van der Waals surface area contributed by atoms with Gasteiger partial charge in [-0.25, -0.2) is 4.68 Å². The van der Waals surface area contributed by atoms with Crippen LogP contribution < -0.4 is 10.1 Å². The van der Waals surface area contributed by atoms with Crippen LogP contribution in [0.15, 0.2) is 36.5 Å². The van der Waals surface area contributed by atoms with E-state index in [0.717, 1.165) is 37.8 Å². The Bertz CT molecular complexity index is 766. The summed E-state index contributed by atoms with van der Waals surface area (Å²) in [7, 11) is 0. The predicted octanol–water partition coefficient (Wildman–Crippen LogP) is 4.39. The molecule has 0 spiro atoms. The minimum atomic E-state index is -4.42. The Balaban J connectivity index is 1.55. The first-order chi connectivity index (χ1) is 12.9. The van der Waals surface area contributed by atoms with Crippen molar-refractivity contribution in [2.75, 3.05) is 0 Å². The molecule has 1 aromatic heterocycles. The molecule has 1 N–H and O–H groups in total. The third kappa shape index (κ3) is 5.48. The van der Waals surface area contributed by atoms with Crippen molar-refractivity contribution >= 4 is 5.91 Å². The number of benzene rings is 1. The van der Waals surface area contributed by atoms with Gasteiger partial charge < -0.3 is 10.1 Å². The van der Waals surface area contributed by atoms with Gasteiger partial charge in [-0.15, -0.1) is 0 Å². The molecule has 0 atom stereocenters. The number of carbonyl (C=O) groups excluding carboxylic acids is 1. The van der Waals surface area contributed by atoms with Crippen molar-refractivity contribution in [2.45, 2.75) is 57.5 Å². The second kappa shape index (κ2) is 8.45. The molecule has 1 aliphatic carbocycles. The van der Waals surface area contributed by atoms with E-state index in [-0.39, 0.29) is 30.1 Å². The number of amides is 1. The zero-order valence-electron chi connectivity index (χ0n) is 14.8. The van der Waals surface area contributed by atoms with Gasteiger partial charge in [-0.1, -0.05) is 31.7 Å². The van der Waals surface area contributed by atoms with Crippen molar-refractivity contribution < 1.29 is 22.7 Å². The largest absolute Gasteiger partial charge is 0.471 e. The summed E-state index contributed by atoms with van der Waals surface area (Å²) < 4.78 is 44.9. The van der Waals surface area contributed by atoms with Gasteiger partial charge in [0, 0.05) is 12.2 Å². The Morgan fingerprint density at radius 3 is 2.63 bits per heavy atom. The summed E-state index contributed by atoms with van der Waals surface area (Å²) in [4.78, 5) is 12.3. The molecule has 1 heterocycles. The van der Waals surface area contributed by atoms with Gasteiger partial charge in [-0.3, -0.25) is 4.79 Å². The number of halogens is 3. The summed E-state index contributed by atoms with van der Waals surface area (Å²) in [5.41, 5.74) is -0.504. The van der Waals surface area contributed by atoms with Crippen LogP contribution in [0.2, 0.25) is 0 Å². The average molecular weight is 381 g/mol. The van der Waals surface area contributed by atoms with Crippen LogP contribution in [-0.2, 0) is 12.9 Å². The van der Waals surface area contributed by atoms with E-state index < -0.39 is 11.7 Å². The highest BCUT2D eigenvalue weighted by molar-refractivity contribution is 5.92. The number of nitrogens with zero attached hydrogens (tertiary/aromatic N) is 2. The summed E-state index contributed by atoms with van der Waals surface area (Å²) in [5.74, 6) is -0.149. The monoisotopic (exact) mass is 381 g/mol. The van der Waals surface area contributed by atoms with E-state index in [1.54, 1.807) is 12.3 Å². The van der Waals surface area contributed by atoms with Gasteiger partial charge in [0.05, 0.1) is 5.56 Å². The van der Waals surface area contributed by atoms with Crippen molar-refractivity contribution in [2.24, 2.45) is 0 Å². The van der Waals surface area contributed by atoms with E-state index in [0.29, 0.717) is 0 Å². The zero-order valence-corrected chi connectivity index (χ0v) is 14.8. The summed E-state index contributed by atoms with van der Waals surface area (Å²) >= 11 is 0. The van der Waals surface area contributed by atoms with Gasteiger partial charge in [0.25, 0.3) is 5.91 Å². The lowest BCUT2D eigenvalue weighted by Gasteiger charge is -2.15. The van der Waals surface area contributed by atoms with Gasteiger partial charge in [0.15, 0.2) is 6.73 Å². The molecule has 5 nitrogen and oxygen atoms in total. The van der Waals surface area contributed by atoms with Crippen LogP contribution in [0.1, 0.15) is 54.6 Å². The number of nitrogens with one attached hydrogen (secondary N) is 1. The quantitative estimate of drug-likeness (QED) is 0.782. The molecule has 0 unspecified atom stereocenters. The number of carbonyl (C=O) groups is 1. The third-order valence-electron chi connectivity index (χ3n) is 4.59. The second-order valence-electron chi connectivity index (χ2n) is 6.70. The first-order valence-corrected chi connectivity index (χ1v) is 9.06. The van der Waals surface area contributed by atoms with Crippen LogP contribution in [-0.4, -0.2) is 21.7 Å². The normalized spacial score (nSPS) is 16.0. The van der Waals surface area contributed by atoms with Gasteiger partial charge in [0.1, 0.15) is 11.4 Å². The maximum atomic E-state index is 12.7. The molecule has 1 aromatic carbocycles. The molecule has 1 aliphatic rings. The average Bonchev–Trinajstić information content (AvgIpc) is 2.97. The molecule has 2 aromatic rings. The summed E-state index contributed by atoms with van der Waals surface area (Å²) in [6.45, 7) is -0.0853. The Labute approximate surface area is 155 Å². The third-order valence-corrected chi connectivity index (χ3v) is 4.59. The van der Waals surface area contributed by atoms with Crippen LogP contribution in [0.25, 0.3) is 0 Å². The molecule has 0 aliphatic heterocycles. The highest BCUT2D eigenvalue weighted by Gasteiger charge is 2.30. The molecule has 8 heteroatoms. The summed E-state index contributed by atoms with van der Waals surface area (Å²) in [5, 5.41) is 7.15. The molecule has 3 rings (SSSR count). The molecule has 146 valence electrons. The lowest BCUT2D eigenvalue weighted by Crippen LogP contribution is -2.34.